The van der Waals surface area contributed by atoms with Crippen molar-refractivity contribution < 1.29 is 4.74 Å². The molecule has 0 saturated heterocycles. The van der Waals surface area contributed by atoms with Crippen LogP contribution in [0, 0.1) is 0 Å². The van der Waals surface area contributed by atoms with E-state index in [9.17, 15) is 0 Å². The van der Waals surface area contributed by atoms with Crippen LogP contribution >= 0.6 is 11.3 Å². The predicted octanol–water partition coefficient (Wildman–Crippen LogP) is 3.30. The van der Waals surface area contributed by atoms with Gasteiger partial charge in [-0.3, -0.25) is 4.40 Å². The summed E-state index contributed by atoms with van der Waals surface area (Å²) in [6.45, 7) is 2.68. The summed E-state index contributed by atoms with van der Waals surface area (Å²) in [5.74, 6) is 0.945. The van der Waals surface area contributed by atoms with Gasteiger partial charge in [-0.1, -0.05) is 18.2 Å². The van der Waals surface area contributed by atoms with E-state index in [1.54, 1.807) is 11.3 Å². The molecule has 0 aliphatic heterocycles. The molecule has 0 spiro atoms. The number of rotatable bonds is 6. The van der Waals surface area contributed by atoms with Gasteiger partial charge in [-0.2, -0.15) is 0 Å². The summed E-state index contributed by atoms with van der Waals surface area (Å²) in [6.07, 6.45) is 4.98. The van der Waals surface area contributed by atoms with Gasteiger partial charge >= 0.3 is 0 Å². The molecule has 4 nitrogen and oxygen atoms in total. The van der Waals surface area contributed by atoms with Crippen LogP contribution in [-0.4, -0.2) is 23.0 Å². The summed E-state index contributed by atoms with van der Waals surface area (Å²) in [4.78, 5) is 5.70. The number of imidazole rings is 1. The number of hydrogen-bond donors (Lipinski definition) is 1. The summed E-state index contributed by atoms with van der Waals surface area (Å²) in [5, 5.41) is 5.42. The van der Waals surface area contributed by atoms with E-state index in [4.69, 9.17) is 4.74 Å². The molecule has 0 fully saturated rings. The van der Waals surface area contributed by atoms with E-state index in [1.807, 2.05) is 43.7 Å². The van der Waals surface area contributed by atoms with E-state index >= 15 is 0 Å². The summed E-state index contributed by atoms with van der Waals surface area (Å²) >= 11 is 1.66. The average molecular weight is 301 g/mol. The molecule has 0 amide bonds. The maximum atomic E-state index is 5.74. The Kier molecular flexibility index (Phi) is 4.22. The van der Waals surface area contributed by atoms with E-state index in [0.717, 1.165) is 22.8 Å². The zero-order valence-electron chi connectivity index (χ0n) is 12.2. The first-order valence-electron chi connectivity index (χ1n) is 7.12. The quantitative estimate of drug-likeness (QED) is 0.759. The highest BCUT2D eigenvalue weighted by Gasteiger charge is 2.16. The maximum absolute atomic E-state index is 5.74. The van der Waals surface area contributed by atoms with Gasteiger partial charge in [0.25, 0.3) is 0 Å². The number of fused-ring (bicyclic) bond motifs is 1. The minimum Gasteiger partial charge on any atom is -0.494 e. The van der Waals surface area contributed by atoms with Gasteiger partial charge in [0, 0.05) is 35.8 Å². The lowest BCUT2D eigenvalue weighted by Gasteiger charge is -2.19. The fourth-order valence-electron chi connectivity index (χ4n) is 2.51. The van der Waals surface area contributed by atoms with Gasteiger partial charge in [0.05, 0.1) is 12.3 Å². The second-order valence-electron chi connectivity index (χ2n) is 4.84. The molecule has 0 aliphatic rings. The number of nitrogens with zero attached hydrogens (tertiary/aromatic N) is 2. The Hall–Kier alpha value is -1.85. The largest absolute Gasteiger partial charge is 0.494 e. The molecule has 1 atom stereocenters. The van der Waals surface area contributed by atoms with Crippen molar-refractivity contribution in [3.63, 3.8) is 0 Å². The molecular weight excluding hydrogens is 282 g/mol. The molecule has 2 heterocycles. The topological polar surface area (TPSA) is 38.6 Å². The van der Waals surface area contributed by atoms with E-state index in [1.165, 1.54) is 5.56 Å². The van der Waals surface area contributed by atoms with Crippen molar-refractivity contribution in [2.75, 3.05) is 13.7 Å². The van der Waals surface area contributed by atoms with E-state index in [2.05, 4.69) is 27.0 Å². The molecular formula is C16H19N3OS. The van der Waals surface area contributed by atoms with Crippen LogP contribution in [-0.2, 0) is 6.42 Å². The first-order chi connectivity index (χ1) is 10.3. The first kappa shape index (κ1) is 14.1. The molecule has 0 aliphatic carbocycles. The van der Waals surface area contributed by atoms with Crippen LogP contribution in [0.15, 0.2) is 42.0 Å². The molecule has 3 rings (SSSR count). The smallest absolute Gasteiger partial charge is 0.193 e. The number of ether oxygens (including phenoxy) is 1. The number of nitrogens with one attached hydrogen (secondary N) is 1. The Morgan fingerprint density at radius 3 is 3.00 bits per heavy atom. The van der Waals surface area contributed by atoms with Crippen LogP contribution in [0.2, 0.25) is 0 Å². The lowest BCUT2D eigenvalue weighted by atomic mass is 10.0. The number of hydrogen-bond acceptors (Lipinski definition) is 4. The zero-order valence-corrected chi connectivity index (χ0v) is 13.1. The molecule has 0 bridgehead atoms. The Balaban J connectivity index is 1.86. The van der Waals surface area contributed by atoms with Crippen LogP contribution in [0.3, 0.4) is 0 Å². The summed E-state index contributed by atoms with van der Waals surface area (Å²) < 4.78 is 7.81. The van der Waals surface area contributed by atoms with Crippen LogP contribution < -0.4 is 10.1 Å². The zero-order chi connectivity index (χ0) is 14.7. The molecule has 0 saturated carbocycles. The van der Waals surface area contributed by atoms with Gasteiger partial charge in [-0.15, -0.1) is 11.3 Å². The molecule has 21 heavy (non-hydrogen) atoms. The highest BCUT2D eigenvalue weighted by molar-refractivity contribution is 7.15. The SMILES string of the molecule is CCOc1ccccc1C(Cc1cn2ccsc2n1)NC. The summed E-state index contributed by atoms with van der Waals surface area (Å²) in [6, 6.07) is 8.39. The van der Waals surface area contributed by atoms with Gasteiger partial charge in [0.2, 0.25) is 0 Å². The van der Waals surface area contributed by atoms with Crippen molar-refractivity contribution in [3.05, 3.63) is 53.3 Å². The third-order valence-electron chi connectivity index (χ3n) is 3.50. The minimum absolute atomic E-state index is 0.192. The van der Waals surface area contributed by atoms with Crippen LogP contribution in [0.4, 0.5) is 0 Å². The second kappa shape index (κ2) is 6.28. The Morgan fingerprint density at radius 2 is 2.24 bits per heavy atom. The second-order valence-corrected chi connectivity index (χ2v) is 5.71. The van der Waals surface area contributed by atoms with Crippen LogP contribution in [0.1, 0.15) is 24.2 Å². The highest BCUT2D eigenvalue weighted by Crippen LogP contribution is 2.27. The number of likely N-dealkylation sites (N-methyl/N-ethyl adjacent to an activating group) is 1. The Bertz CT molecular complexity index is 690. The van der Waals surface area contributed by atoms with Gasteiger partial charge < -0.3 is 10.1 Å². The van der Waals surface area contributed by atoms with Crippen molar-refractivity contribution in [3.8, 4) is 5.75 Å². The van der Waals surface area contributed by atoms with Crippen molar-refractivity contribution in [1.29, 1.82) is 0 Å². The number of aromatic nitrogens is 2. The Labute approximate surface area is 128 Å². The summed E-state index contributed by atoms with van der Waals surface area (Å²) in [5.41, 5.74) is 2.27. The van der Waals surface area contributed by atoms with Crippen molar-refractivity contribution in [2.45, 2.75) is 19.4 Å². The normalized spacial score (nSPS) is 12.7. The third kappa shape index (κ3) is 2.94. The van der Waals surface area contributed by atoms with E-state index < -0.39 is 0 Å². The fourth-order valence-corrected chi connectivity index (χ4v) is 3.23. The molecule has 5 heteroatoms. The molecule has 110 valence electrons. The molecule has 0 radical (unpaired) electrons. The highest BCUT2D eigenvalue weighted by atomic mass is 32.1. The van der Waals surface area contributed by atoms with Gasteiger partial charge in [-0.25, -0.2) is 4.98 Å². The number of para-hydroxylation sites is 1. The van der Waals surface area contributed by atoms with Gasteiger partial charge in [0.1, 0.15) is 5.75 Å². The third-order valence-corrected chi connectivity index (χ3v) is 4.27. The van der Waals surface area contributed by atoms with Crippen molar-refractivity contribution in [2.24, 2.45) is 0 Å². The number of benzene rings is 1. The monoisotopic (exact) mass is 301 g/mol. The number of thiazole rings is 1. The minimum atomic E-state index is 0.192. The molecule has 2 aromatic heterocycles. The Morgan fingerprint density at radius 1 is 1.38 bits per heavy atom. The van der Waals surface area contributed by atoms with E-state index in [-0.39, 0.29) is 6.04 Å². The molecule has 1 unspecified atom stereocenters. The standard InChI is InChI=1S/C16H19N3OS/c1-3-20-15-7-5-4-6-13(15)14(17-2)10-12-11-19-8-9-21-16(19)18-12/h4-9,11,14,17H,3,10H2,1-2H3. The average Bonchev–Trinajstić information content (AvgIpc) is 3.07. The molecule has 1 N–H and O–H groups in total. The van der Waals surface area contributed by atoms with Crippen LogP contribution in [0.5, 0.6) is 5.75 Å². The maximum Gasteiger partial charge on any atom is 0.193 e. The fraction of sp³-hybridized carbons (Fsp3) is 0.312. The lowest BCUT2D eigenvalue weighted by molar-refractivity contribution is 0.332. The first-order valence-corrected chi connectivity index (χ1v) is 8.00. The van der Waals surface area contributed by atoms with E-state index in [0.29, 0.717) is 6.61 Å². The van der Waals surface area contributed by atoms with Crippen molar-refractivity contribution in [1.82, 2.24) is 14.7 Å². The van der Waals surface area contributed by atoms with Gasteiger partial charge in [0.15, 0.2) is 4.96 Å². The lowest BCUT2D eigenvalue weighted by Crippen LogP contribution is -2.20. The molecule has 1 aromatic carbocycles. The summed E-state index contributed by atoms with van der Waals surface area (Å²) in [7, 11) is 1.98. The van der Waals surface area contributed by atoms with Gasteiger partial charge in [-0.05, 0) is 20.0 Å². The van der Waals surface area contributed by atoms with Crippen molar-refractivity contribution >= 4 is 16.3 Å². The van der Waals surface area contributed by atoms with Crippen LogP contribution in [0.25, 0.3) is 4.96 Å². The molecule has 3 aromatic rings. The predicted molar refractivity (Wildman–Crippen MR) is 86.2 cm³/mol.